The molecule has 0 aliphatic rings. The van der Waals surface area contributed by atoms with Gasteiger partial charge in [0.05, 0.1) is 36.4 Å². The Bertz CT molecular complexity index is 902. The molecule has 3 aromatic rings. The highest BCUT2D eigenvalue weighted by Gasteiger charge is 2.15. The van der Waals surface area contributed by atoms with Crippen molar-refractivity contribution < 1.29 is 14.3 Å². The van der Waals surface area contributed by atoms with Crippen molar-refractivity contribution in [2.24, 2.45) is 0 Å². The second-order valence-electron chi connectivity index (χ2n) is 5.12. The molecule has 1 aromatic heterocycles. The van der Waals surface area contributed by atoms with Gasteiger partial charge in [0.2, 0.25) is 0 Å². The lowest BCUT2D eigenvalue weighted by Crippen LogP contribution is -2.00. The summed E-state index contributed by atoms with van der Waals surface area (Å²) < 4.78 is 10.2. The molecule has 0 bridgehead atoms. The van der Waals surface area contributed by atoms with Crippen LogP contribution in [0, 0.1) is 6.92 Å². The number of carbonyl (C=O) groups is 1. The molecular weight excluding hydrogens is 312 g/mol. The Morgan fingerprint density at radius 3 is 2.70 bits per heavy atom. The van der Waals surface area contributed by atoms with Gasteiger partial charge in [0.25, 0.3) is 0 Å². The number of esters is 1. The van der Waals surface area contributed by atoms with Gasteiger partial charge in [0, 0.05) is 4.90 Å². The van der Waals surface area contributed by atoms with Crippen molar-refractivity contribution in [2.75, 3.05) is 14.2 Å². The van der Waals surface area contributed by atoms with Gasteiger partial charge < -0.3 is 14.5 Å². The van der Waals surface area contributed by atoms with Crippen LogP contribution in [0.4, 0.5) is 0 Å². The van der Waals surface area contributed by atoms with Gasteiger partial charge in [0.15, 0.2) is 0 Å². The Morgan fingerprint density at radius 2 is 2.00 bits per heavy atom. The van der Waals surface area contributed by atoms with Crippen molar-refractivity contribution in [3.63, 3.8) is 0 Å². The summed E-state index contributed by atoms with van der Waals surface area (Å²) in [5, 5.41) is 0. The Kier molecular flexibility index (Phi) is 4.00. The number of benzene rings is 2. The van der Waals surface area contributed by atoms with Crippen molar-refractivity contribution >= 4 is 29.6 Å². The number of H-pyrrole nitrogens is 1. The maximum absolute atomic E-state index is 11.6. The first-order valence-electron chi connectivity index (χ1n) is 7.00. The second kappa shape index (κ2) is 5.96. The number of imidazole rings is 1. The summed E-state index contributed by atoms with van der Waals surface area (Å²) in [7, 11) is 2.96. The molecule has 5 nitrogen and oxygen atoms in total. The molecule has 0 saturated carbocycles. The van der Waals surface area contributed by atoms with E-state index in [0.717, 1.165) is 21.5 Å². The molecule has 6 heteroatoms. The van der Waals surface area contributed by atoms with Crippen LogP contribution in [0.2, 0.25) is 0 Å². The fraction of sp³-hybridized carbons (Fsp3) is 0.176. The maximum atomic E-state index is 11.6. The number of hydrogen-bond donors (Lipinski definition) is 2. The fourth-order valence-electron chi connectivity index (χ4n) is 2.44. The minimum Gasteiger partial charge on any atom is -0.495 e. The summed E-state index contributed by atoms with van der Waals surface area (Å²) in [6, 6.07) is 9.11. The number of methoxy groups -OCH3 is 2. The molecule has 0 radical (unpaired) electrons. The predicted octanol–water partition coefficient (Wildman–Crippen LogP) is 3.62. The number of nitrogens with one attached hydrogen (secondary N) is 1. The van der Waals surface area contributed by atoms with E-state index in [2.05, 4.69) is 22.6 Å². The smallest absolute Gasteiger partial charge is 0.337 e. The second-order valence-corrected chi connectivity index (χ2v) is 5.57. The maximum Gasteiger partial charge on any atom is 0.337 e. The number of aromatic amines is 1. The van der Waals surface area contributed by atoms with Gasteiger partial charge in [-0.05, 0) is 36.8 Å². The predicted molar refractivity (Wildman–Crippen MR) is 91.4 cm³/mol. The topological polar surface area (TPSA) is 64.2 Å². The van der Waals surface area contributed by atoms with E-state index < -0.39 is 0 Å². The first-order valence-corrected chi connectivity index (χ1v) is 7.45. The highest BCUT2D eigenvalue weighted by molar-refractivity contribution is 7.80. The molecule has 0 atom stereocenters. The van der Waals surface area contributed by atoms with Crippen LogP contribution in [0.5, 0.6) is 5.75 Å². The van der Waals surface area contributed by atoms with Crippen molar-refractivity contribution in [1.29, 1.82) is 0 Å². The van der Waals surface area contributed by atoms with E-state index in [1.165, 1.54) is 7.11 Å². The molecule has 0 fully saturated rings. The Labute approximate surface area is 139 Å². The highest BCUT2D eigenvalue weighted by Crippen LogP contribution is 2.36. The summed E-state index contributed by atoms with van der Waals surface area (Å²) >= 11 is 4.50. The van der Waals surface area contributed by atoms with E-state index in [4.69, 9.17) is 9.47 Å². The number of ether oxygens (including phenoxy) is 2. The third-order valence-electron chi connectivity index (χ3n) is 3.70. The Morgan fingerprint density at radius 1 is 1.22 bits per heavy atom. The molecule has 0 saturated heterocycles. The molecule has 0 amide bonds. The van der Waals surface area contributed by atoms with Crippen LogP contribution < -0.4 is 4.74 Å². The molecule has 1 N–H and O–H groups in total. The van der Waals surface area contributed by atoms with E-state index in [9.17, 15) is 4.79 Å². The molecule has 0 aliphatic heterocycles. The molecular formula is C17H16N2O3S. The van der Waals surface area contributed by atoms with Gasteiger partial charge in [-0.15, -0.1) is 12.6 Å². The molecule has 1 heterocycles. The average molecular weight is 328 g/mol. The lowest BCUT2D eigenvalue weighted by atomic mass is 10.1. The summed E-state index contributed by atoms with van der Waals surface area (Å²) in [5.41, 5.74) is 3.82. The molecule has 0 spiro atoms. The number of hydrogen-bond acceptors (Lipinski definition) is 5. The number of nitrogens with zero attached hydrogens (tertiary/aromatic N) is 1. The number of fused-ring (bicyclic) bond motifs is 1. The fourth-order valence-corrected chi connectivity index (χ4v) is 2.73. The van der Waals surface area contributed by atoms with Crippen molar-refractivity contribution in [3.05, 3.63) is 41.5 Å². The van der Waals surface area contributed by atoms with Crippen LogP contribution in [0.25, 0.3) is 22.4 Å². The molecule has 118 valence electrons. The van der Waals surface area contributed by atoms with Gasteiger partial charge in [-0.1, -0.05) is 6.07 Å². The molecule has 2 aromatic carbocycles. The van der Waals surface area contributed by atoms with Crippen LogP contribution in [0.1, 0.15) is 15.9 Å². The third kappa shape index (κ3) is 2.66. The normalized spacial score (nSPS) is 10.8. The zero-order chi connectivity index (χ0) is 16.6. The van der Waals surface area contributed by atoms with Crippen LogP contribution in [-0.2, 0) is 4.74 Å². The number of aromatic nitrogens is 2. The lowest BCUT2D eigenvalue weighted by molar-refractivity contribution is 0.0601. The summed E-state index contributed by atoms with van der Waals surface area (Å²) in [5.74, 6) is 0.941. The van der Waals surface area contributed by atoms with Gasteiger partial charge in [-0.2, -0.15) is 0 Å². The number of thiol groups is 1. The first kappa shape index (κ1) is 15.4. The number of rotatable bonds is 3. The van der Waals surface area contributed by atoms with Crippen LogP contribution in [0.15, 0.2) is 35.2 Å². The van der Waals surface area contributed by atoms with E-state index in [0.29, 0.717) is 22.7 Å². The van der Waals surface area contributed by atoms with E-state index in [-0.39, 0.29) is 5.97 Å². The number of carbonyl (C=O) groups excluding carboxylic acids is 1. The van der Waals surface area contributed by atoms with Crippen molar-refractivity contribution in [3.8, 4) is 17.1 Å². The molecule has 0 aliphatic carbocycles. The van der Waals surface area contributed by atoms with Gasteiger partial charge in [-0.25, -0.2) is 9.78 Å². The van der Waals surface area contributed by atoms with Gasteiger partial charge in [0.1, 0.15) is 11.6 Å². The Balaban J connectivity index is 2.14. The molecule has 0 unspecified atom stereocenters. The standard InChI is InChI=1S/C17H16N2O3S/c1-9-4-6-11(14(21-2)15(9)23)16-18-12-7-5-10(17(20)22-3)8-13(12)19-16/h4-8,23H,1-3H3,(H,18,19). The number of aryl methyl sites for hydroxylation is 1. The largest absolute Gasteiger partial charge is 0.495 e. The SMILES string of the molecule is COC(=O)c1ccc2[nH]c(-c3ccc(C)c(S)c3OC)nc2c1. The highest BCUT2D eigenvalue weighted by atomic mass is 32.1. The van der Waals surface area contributed by atoms with Crippen LogP contribution >= 0.6 is 12.6 Å². The molecule has 23 heavy (non-hydrogen) atoms. The van der Waals surface area contributed by atoms with Gasteiger partial charge >= 0.3 is 5.97 Å². The average Bonchev–Trinajstić information content (AvgIpc) is 2.99. The van der Waals surface area contributed by atoms with Crippen LogP contribution in [0.3, 0.4) is 0 Å². The van der Waals surface area contributed by atoms with Gasteiger partial charge in [-0.3, -0.25) is 0 Å². The van der Waals surface area contributed by atoms with E-state index in [1.807, 2.05) is 19.1 Å². The Hall–Kier alpha value is -2.47. The van der Waals surface area contributed by atoms with E-state index >= 15 is 0 Å². The lowest BCUT2D eigenvalue weighted by Gasteiger charge is -2.10. The van der Waals surface area contributed by atoms with Crippen LogP contribution in [-0.4, -0.2) is 30.2 Å². The minimum absolute atomic E-state index is 0.387. The van der Waals surface area contributed by atoms with E-state index in [1.54, 1.807) is 25.3 Å². The summed E-state index contributed by atoms with van der Waals surface area (Å²) in [6.07, 6.45) is 0. The summed E-state index contributed by atoms with van der Waals surface area (Å²) in [4.78, 5) is 20.2. The van der Waals surface area contributed by atoms with Crippen molar-refractivity contribution in [2.45, 2.75) is 11.8 Å². The molecule has 3 rings (SSSR count). The zero-order valence-corrected chi connectivity index (χ0v) is 13.9. The monoisotopic (exact) mass is 328 g/mol. The first-order chi connectivity index (χ1) is 11.0. The third-order valence-corrected chi connectivity index (χ3v) is 4.25. The van der Waals surface area contributed by atoms with Crippen molar-refractivity contribution in [1.82, 2.24) is 9.97 Å². The quantitative estimate of drug-likeness (QED) is 0.569. The zero-order valence-electron chi connectivity index (χ0n) is 13.0. The minimum atomic E-state index is -0.387. The summed E-state index contributed by atoms with van der Waals surface area (Å²) in [6.45, 7) is 1.97.